The average Bonchev–Trinajstić information content (AvgIpc) is 3.40. The molecule has 0 spiro atoms. The van der Waals surface area contributed by atoms with Crippen molar-refractivity contribution in [3.05, 3.63) is 89.7 Å². The monoisotopic (exact) mass is 439 g/mol. The summed E-state index contributed by atoms with van der Waals surface area (Å²) < 4.78 is 7.55. The molecule has 1 aliphatic rings. The van der Waals surface area contributed by atoms with E-state index in [-0.39, 0.29) is 11.8 Å². The largest absolute Gasteiger partial charge is 0.497 e. The maximum Gasteiger partial charge on any atom is 0.227 e. The smallest absolute Gasteiger partial charge is 0.227 e. The summed E-state index contributed by atoms with van der Waals surface area (Å²) >= 11 is 0. The molecule has 5 heteroatoms. The number of amides is 1. The van der Waals surface area contributed by atoms with Crippen molar-refractivity contribution in [2.45, 2.75) is 38.6 Å². The molecule has 1 saturated heterocycles. The van der Waals surface area contributed by atoms with Gasteiger partial charge in [0.1, 0.15) is 11.6 Å². The SMILES string of the molecule is COc1ccc(N2CC(c3nc4ccccc4n3Cc3ccc(C(C)C)cc3)CC2=O)cc1. The highest BCUT2D eigenvalue weighted by Gasteiger charge is 2.34. The van der Waals surface area contributed by atoms with Gasteiger partial charge in [0.05, 0.1) is 18.1 Å². The van der Waals surface area contributed by atoms with E-state index in [4.69, 9.17) is 9.72 Å². The van der Waals surface area contributed by atoms with Crippen LogP contribution >= 0.6 is 0 Å². The third-order valence-electron chi connectivity index (χ3n) is 6.55. The summed E-state index contributed by atoms with van der Waals surface area (Å²) in [5, 5.41) is 0. The van der Waals surface area contributed by atoms with E-state index in [2.05, 4.69) is 60.9 Å². The number of carbonyl (C=O) groups is 1. The van der Waals surface area contributed by atoms with Crippen LogP contribution < -0.4 is 9.64 Å². The number of hydrogen-bond donors (Lipinski definition) is 0. The highest BCUT2D eigenvalue weighted by molar-refractivity contribution is 5.96. The van der Waals surface area contributed by atoms with Crippen molar-refractivity contribution in [3.8, 4) is 5.75 Å². The van der Waals surface area contributed by atoms with Gasteiger partial charge in [-0.2, -0.15) is 0 Å². The number of para-hydroxylation sites is 2. The Balaban J connectivity index is 1.47. The topological polar surface area (TPSA) is 47.4 Å². The number of ether oxygens (including phenoxy) is 1. The molecule has 1 amide bonds. The zero-order valence-corrected chi connectivity index (χ0v) is 19.4. The standard InChI is InChI=1S/C28H29N3O2/c1-19(2)21-10-8-20(9-11-21)17-31-26-7-5-4-6-25(26)29-28(31)22-16-27(32)30(18-22)23-12-14-24(33-3)15-13-23/h4-15,19,22H,16-18H2,1-3H3. The molecule has 5 nitrogen and oxygen atoms in total. The molecule has 0 N–H and O–H groups in total. The number of hydrogen-bond acceptors (Lipinski definition) is 3. The second-order valence-electron chi connectivity index (χ2n) is 9.04. The van der Waals surface area contributed by atoms with Crippen LogP contribution in [0.4, 0.5) is 5.69 Å². The van der Waals surface area contributed by atoms with Crippen LogP contribution in [-0.2, 0) is 11.3 Å². The molecule has 3 aromatic carbocycles. The van der Waals surface area contributed by atoms with Crippen LogP contribution in [0, 0.1) is 0 Å². The van der Waals surface area contributed by atoms with Gasteiger partial charge >= 0.3 is 0 Å². The van der Waals surface area contributed by atoms with Gasteiger partial charge in [0.25, 0.3) is 0 Å². The Morgan fingerprint density at radius 3 is 2.42 bits per heavy atom. The lowest BCUT2D eigenvalue weighted by molar-refractivity contribution is -0.117. The normalized spacial score (nSPS) is 16.2. The minimum atomic E-state index is 0.0435. The van der Waals surface area contributed by atoms with Gasteiger partial charge in [0, 0.05) is 31.1 Å². The van der Waals surface area contributed by atoms with Gasteiger partial charge in [-0.05, 0) is 53.4 Å². The van der Waals surface area contributed by atoms with E-state index in [9.17, 15) is 4.79 Å². The summed E-state index contributed by atoms with van der Waals surface area (Å²) in [6, 6.07) is 24.7. The fourth-order valence-corrected chi connectivity index (χ4v) is 4.65. The van der Waals surface area contributed by atoms with Gasteiger partial charge in [0.15, 0.2) is 0 Å². The predicted molar refractivity (Wildman–Crippen MR) is 132 cm³/mol. The fourth-order valence-electron chi connectivity index (χ4n) is 4.65. The Morgan fingerprint density at radius 1 is 1.00 bits per heavy atom. The maximum atomic E-state index is 13.0. The third-order valence-corrected chi connectivity index (χ3v) is 6.55. The van der Waals surface area contributed by atoms with E-state index in [0.29, 0.717) is 18.9 Å². The molecule has 0 aliphatic carbocycles. The Hall–Kier alpha value is -3.60. The molecular weight excluding hydrogens is 410 g/mol. The first-order valence-corrected chi connectivity index (χ1v) is 11.5. The number of aromatic nitrogens is 2. The minimum Gasteiger partial charge on any atom is -0.497 e. The summed E-state index contributed by atoms with van der Waals surface area (Å²) in [4.78, 5) is 19.8. The van der Waals surface area contributed by atoms with Crippen molar-refractivity contribution in [3.63, 3.8) is 0 Å². The second kappa shape index (κ2) is 8.74. The molecule has 1 atom stereocenters. The molecular formula is C28H29N3O2. The Morgan fingerprint density at radius 2 is 1.73 bits per heavy atom. The molecule has 0 bridgehead atoms. The van der Waals surface area contributed by atoms with Crippen LogP contribution in [-0.4, -0.2) is 29.1 Å². The van der Waals surface area contributed by atoms with Crippen LogP contribution in [0.25, 0.3) is 11.0 Å². The van der Waals surface area contributed by atoms with Crippen molar-refractivity contribution in [2.24, 2.45) is 0 Å². The molecule has 4 aromatic rings. The van der Waals surface area contributed by atoms with Crippen molar-refractivity contribution in [1.82, 2.24) is 9.55 Å². The lowest BCUT2D eigenvalue weighted by atomic mass is 10.0. The molecule has 33 heavy (non-hydrogen) atoms. The molecule has 2 heterocycles. The quantitative estimate of drug-likeness (QED) is 0.385. The molecule has 1 unspecified atom stereocenters. The van der Waals surface area contributed by atoms with Gasteiger partial charge in [-0.15, -0.1) is 0 Å². The molecule has 0 saturated carbocycles. The molecule has 0 radical (unpaired) electrons. The van der Waals surface area contributed by atoms with E-state index in [1.54, 1.807) is 7.11 Å². The highest BCUT2D eigenvalue weighted by Crippen LogP contribution is 2.34. The third kappa shape index (κ3) is 4.11. The summed E-state index contributed by atoms with van der Waals surface area (Å²) in [6.07, 6.45) is 0.460. The predicted octanol–water partition coefficient (Wildman–Crippen LogP) is 5.74. The second-order valence-corrected chi connectivity index (χ2v) is 9.04. The van der Waals surface area contributed by atoms with Gasteiger partial charge in [0.2, 0.25) is 5.91 Å². The zero-order valence-electron chi connectivity index (χ0n) is 19.4. The number of methoxy groups -OCH3 is 1. The highest BCUT2D eigenvalue weighted by atomic mass is 16.5. The number of imidazole rings is 1. The van der Waals surface area contributed by atoms with E-state index in [0.717, 1.165) is 34.8 Å². The number of nitrogens with zero attached hydrogens (tertiary/aromatic N) is 3. The molecule has 5 rings (SSSR count). The van der Waals surface area contributed by atoms with Crippen LogP contribution in [0.2, 0.25) is 0 Å². The number of carbonyl (C=O) groups excluding carboxylic acids is 1. The Bertz CT molecular complexity index is 1270. The van der Waals surface area contributed by atoms with Crippen LogP contribution in [0.1, 0.15) is 49.1 Å². The summed E-state index contributed by atoms with van der Waals surface area (Å²) in [5.41, 5.74) is 5.55. The molecule has 1 aliphatic heterocycles. The Labute approximate surface area is 194 Å². The van der Waals surface area contributed by atoms with E-state index >= 15 is 0 Å². The number of fused-ring (bicyclic) bond motifs is 1. The van der Waals surface area contributed by atoms with Gasteiger partial charge < -0.3 is 14.2 Å². The molecule has 168 valence electrons. The number of rotatable bonds is 6. The van der Waals surface area contributed by atoms with Gasteiger partial charge in [-0.1, -0.05) is 50.2 Å². The first kappa shape index (κ1) is 21.3. The molecule has 1 fully saturated rings. The number of anilines is 1. The number of benzene rings is 3. The van der Waals surface area contributed by atoms with Crippen molar-refractivity contribution >= 4 is 22.6 Å². The van der Waals surface area contributed by atoms with Gasteiger partial charge in [-0.3, -0.25) is 4.79 Å². The average molecular weight is 440 g/mol. The zero-order chi connectivity index (χ0) is 22.9. The fraction of sp³-hybridized carbons (Fsp3) is 0.286. The first-order valence-electron chi connectivity index (χ1n) is 11.5. The summed E-state index contributed by atoms with van der Waals surface area (Å²) in [6.45, 7) is 5.78. The lowest BCUT2D eigenvalue weighted by Crippen LogP contribution is -2.24. The first-order chi connectivity index (χ1) is 16.0. The maximum absolute atomic E-state index is 13.0. The van der Waals surface area contributed by atoms with Crippen LogP contribution in [0.15, 0.2) is 72.8 Å². The van der Waals surface area contributed by atoms with E-state index < -0.39 is 0 Å². The summed E-state index contributed by atoms with van der Waals surface area (Å²) in [5.74, 6) is 2.45. The Kier molecular flexibility index (Phi) is 5.63. The van der Waals surface area contributed by atoms with Gasteiger partial charge in [-0.25, -0.2) is 4.98 Å². The summed E-state index contributed by atoms with van der Waals surface area (Å²) in [7, 11) is 1.65. The lowest BCUT2D eigenvalue weighted by Gasteiger charge is -2.18. The minimum absolute atomic E-state index is 0.0435. The van der Waals surface area contributed by atoms with E-state index in [1.165, 1.54) is 11.1 Å². The van der Waals surface area contributed by atoms with Crippen molar-refractivity contribution in [2.75, 3.05) is 18.6 Å². The molecule has 1 aromatic heterocycles. The van der Waals surface area contributed by atoms with Crippen molar-refractivity contribution < 1.29 is 9.53 Å². The van der Waals surface area contributed by atoms with Crippen molar-refractivity contribution in [1.29, 1.82) is 0 Å². The van der Waals surface area contributed by atoms with E-state index in [1.807, 2.05) is 35.2 Å². The van der Waals surface area contributed by atoms with Crippen LogP contribution in [0.3, 0.4) is 0 Å². The van der Waals surface area contributed by atoms with Crippen LogP contribution in [0.5, 0.6) is 5.75 Å².